The van der Waals surface area contributed by atoms with Crippen molar-refractivity contribution in [1.82, 2.24) is 5.32 Å². The minimum absolute atomic E-state index is 0.0171. The van der Waals surface area contributed by atoms with Crippen LogP contribution in [0.3, 0.4) is 0 Å². The summed E-state index contributed by atoms with van der Waals surface area (Å²) in [5, 5.41) is 13.1. The van der Waals surface area contributed by atoms with Gasteiger partial charge in [0.05, 0.1) is 12.1 Å². The van der Waals surface area contributed by atoms with Crippen molar-refractivity contribution >= 4 is 11.6 Å². The van der Waals surface area contributed by atoms with Gasteiger partial charge in [0.2, 0.25) is 0 Å². The van der Waals surface area contributed by atoms with E-state index in [1.54, 1.807) is 0 Å². The van der Waals surface area contributed by atoms with Crippen molar-refractivity contribution in [2.24, 2.45) is 0 Å². The maximum absolute atomic E-state index is 13.5. The summed E-state index contributed by atoms with van der Waals surface area (Å²) in [6.07, 6.45) is 0.901. The van der Waals surface area contributed by atoms with Crippen molar-refractivity contribution in [2.75, 3.05) is 20.2 Å². The van der Waals surface area contributed by atoms with Crippen molar-refractivity contribution in [3.63, 3.8) is 0 Å². The van der Waals surface area contributed by atoms with Crippen LogP contribution in [0.15, 0.2) is 6.07 Å². The fourth-order valence-corrected chi connectivity index (χ4v) is 2.23. The molecule has 3 nitrogen and oxygen atoms in total. The summed E-state index contributed by atoms with van der Waals surface area (Å²) >= 11 is 5.76. The van der Waals surface area contributed by atoms with E-state index in [4.69, 9.17) is 16.3 Å². The van der Waals surface area contributed by atoms with Crippen LogP contribution in [0.2, 0.25) is 5.02 Å². The lowest BCUT2D eigenvalue weighted by Gasteiger charge is -2.15. The Bertz CT molecular complexity index is 405. The molecule has 1 atom stereocenters. The lowest BCUT2D eigenvalue weighted by Crippen LogP contribution is -2.08. The van der Waals surface area contributed by atoms with E-state index in [1.807, 2.05) is 0 Å². The largest absolute Gasteiger partial charge is 0.504 e. The van der Waals surface area contributed by atoms with Gasteiger partial charge in [-0.2, -0.15) is 0 Å². The van der Waals surface area contributed by atoms with E-state index in [1.165, 1.54) is 13.2 Å². The van der Waals surface area contributed by atoms with Gasteiger partial charge < -0.3 is 15.2 Å². The van der Waals surface area contributed by atoms with Crippen LogP contribution in [0.5, 0.6) is 11.5 Å². The Balaban J connectivity index is 2.49. The van der Waals surface area contributed by atoms with Crippen molar-refractivity contribution in [2.45, 2.75) is 12.3 Å². The molecule has 0 spiro atoms. The molecular formula is C11H13ClFNO2. The van der Waals surface area contributed by atoms with Gasteiger partial charge in [-0.05, 0) is 19.0 Å². The Morgan fingerprint density at radius 1 is 1.62 bits per heavy atom. The minimum atomic E-state index is -0.712. The highest BCUT2D eigenvalue weighted by molar-refractivity contribution is 6.31. The molecule has 1 heterocycles. The molecule has 0 aromatic heterocycles. The first-order valence-corrected chi connectivity index (χ1v) is 5.48. The fourth-order valence-electron chi connectivity index (χ4n) is 2.03. The van der Waals surface area contributed by atoms with E-state index >= 15 is 0 Å². The summed E-state index contributed by atoms with van der Waals surface area (Å²) in [4.78, 5) is 0. The molecule has 2 rings (SSSR count). The van der Waals surface area contributed by atoms with Gasteiger partial charge in [-0.25, -0.2) is 4.39 Å². The molecule has 88 valence electrons. The molecule has 0 bridgehead atoms. The summed E-state index contributed by atoms with van der Waals surface area (Å²) < 4.78 is 18.3. The van der Waals surface area contributed by atoms with Crippen LogP contribution < -0.4 is 10.1 Å². The highest BCUT2D eigenvalue weighted by Gasteiger charge is 2.25. The molecule has 0 aliphatic carbocycles. The van der Waals surface area contributed by atoms with Crippen LogP contribution in [-0.2, 0) is 0 Å². The SMILES string of the molecule is COc1c(O)c(C2CCNC2)cc(Cl)c1F. The zero-order valence-corrected chi connectivity index (χ0v) is 9.64. The van der Waals surface area contributed by atoms with Crippen LogP contribution in [0, 0.1) is 5.82 Å². The van der Waals surface area contributed by atoms with Gasteiger partial charge in [-0.15, -0.1) is 0 Å². The number of phenols is 1. The van der Waals surface area contributed by atoms with Crippen LogP contribution in [0.25, 0.3) is 0 Å². The van der Waals surface area contributed by atoms with Crippen molar-refractivity contribution in [3.8, 4) is 11.5 Å². The van der Waals surface area contributed by atoms with E-state index in [9.17, 15) is 9.50 Å². The van der Waals surface area contributed by atoms with Crippen LogP contribution in [0.1, 0.15) is 17.9 Å². The molecule has 1 saturated heterocycles. The predicted octanol–water partition coefficient (Wildman–Crippen LogP) is 2.27. The van der Waals surface area contributed by atoms with Gasteiger partial charge in [-0.1, -0.05) is 11.6 Å². The normalized spacial score (nSPS) is 20.1. The zero-order chi connectivity index (χ0) is 11.7. The van der Waals surface area contributed by atoms with Gasteiger partial charge >= 0.3 is 0 Å². The Labute approximate surface area is 98.2 Å². The number of rotatable bonds is 2. The lowest BCUT2D eigenvalue weighted by molar-refractivity contribution is 0.347. The molecule has 0 radical (unpaired) electrons. The number of hydrogen-bond acceptors (Lipinski definition) is 3. The Kier molecular flexibility index (Phi) is 3.21. The average molecular weight is 246 g/mol. The number of aromatic hydroxyl groups is 1. The average Bonchev–Trinajstić information content (AvgIpc) is 2.77. The third-order valence-corrected chi connectivity index (χ3v) is 3.16. The Morgan fingerprint density at radius 2 is 2.38 bits per heavy atom. The molecule has 0 amide bonds. The number of nitrogens with one attached hydrogen (secondary N) is 1. The van der Waals surface area contributed by atoms with Gasteiger partial charge in [0, 0.05) is 18.0 Å². The standard InChI is InChI=1S/C11H13ClFNO2/c1-16-11-9(13)8(12)4-7(10(11)15)6-2-3-14-5-6/h4,6,14-15H,2-3,5H2,1H3. The second-order valence-corrected chi connectivity index (χ2v) is 4.24. The third kappa shape index (κ3) is 1.83. The number of ether oxygens (including phenoxy) is 1. The van der Waals surface area contributed by atoms with Gasteiger partial charge in [0.15, 0.2) is 17.3 Å². The molecule has 1 aliphatic rings. The molecule has 1 aromatic carbocycles. The Hall–Kier alpha value is -1.00. The topological polar surface area (TPSA) is 41.5 Å². The van der Waals surface area contributed by atoms with E-state index in [0.717, 1.165) is 19.5 Å². The molecule has 5 heteroatoms. The summed E-state index contributed by atoms with van der Waals surface area (Å²) in [6, 6.07) is 1.48. The quantitative estimate of drug-likeness (QED) is 0.840. The monoisotopic (exact) mass is 245 g/mol. The number of methoxy groups -OCH3 is 1. The number of halogens is 2. The Morgan fingerprint density at radius 3 is 2.94 bits per heavy atom. The van der Waals surface area contributed by atoms with Gasteiger partial charge in [0.1, 0.15) is 0 Å². The van der Waals surface area contributed by atoms with Gasteiger partial charge in [-0.3, -0.25) is 0 Å². The highest BCUT2D eigenvalue weighted by Crippen LogP contribution is 2.41. The number of phenolic OH excluding ortho intramolecular Hbond substituents is 1. The third-order valence-electron chi connectivity index (χ3n) is 2.88. The molecule has 1 aliphatic heterocycles. The summed E-state index contributed by atoms with van der Waals surface area (Å²) in [5.74, 6) is -0.865. The summed E-state index contributed by atoms with van der Waals surface area (Å²) in [7, 11) is 1.31. The second-order valence-electron chi connectivity index (χ2n) is 3.83. The van der Waals surface area contributed by atoms with Crippen molar-refractivity contribution in [3.05, 3.63) is 22.5 Å². The zero-order valence-electron chi connectivity index (χ0n) is 8.89. The van der Waals surface area contributed by atoms with Crippen LogP contribution in [0.4, 0.5) is 4.39 Å². The second kappa shape index (κ2) is 4.47. The first-order chi connectivity index (χ1) is 7.65. The molecule has 1 unspecified atom stereocenters. The number of hydrogen-bond donors (Lipinski definition) is 2. The first kappa shape index (κ1) is 11.5. The highest BCUT2D eigenvalue weighted by atomic mass is 35.5. The number of benzene rings is 1. The summed E-state index contributed by atoms with van der Waals surface area (Å²) in [6.45, 7) is 1.65. The lowest BCUT2D eigenvalue weighted by atomic mass is 9.97. The molecular weight excluding hydrogens is 233 g/mol. The maximum atomic E-state index is 13.5. The molecule has 1 aromatic rings. The summed E-state index contributed by atoms with van der Waals surface area (Å²) in [5.41, 5.74) is 0.647. The van der Waals surface area contributed by atoms with E-state index in [0.29, 0.717) is 5.56 Å². The van der Waals surface area contributed by atoms with Crippen molar-refractivity contribution < 1.29 is 14.2 Å². The smallest absolute Gasteiger partial charge is 0.198 e. The minimum Gasteiger partial charge on any atom is -0.504 e. The first-order valence-electron chi connectivity index (χ1n) is 5.10. The van der Waals surface area contributed by atoms with E-state index in [2.05, 4.69) is 5.32 Å². The maximum Gasteiger partial charge on any atom is 0.198 e. The molecule has 2 N–H and O–H groups in total. The van der Waals surface area contributed by atoms with Crippen LogP contribution >= 0.6 is 11.6 Å². The fraction of sp³-hybridized carbons (Fsp3) is 0.455. The van der Waals surface area contributed by atoms with Gasteiger partial charge in [0.25, 0.3) is 0 Å². The molecule has 1 fully saturated rings. The molecule has 16 heavy (non-hydrogen) atoms. The van der Waals surface area contributed by atoms with E-state index < -0.39 is 5.82 Å². The predicted molar refractivity (Wildman–Crippen MR) is 59.9 cm³/mol. The molecule has 0 saturated carbocycles. The van der Waals surface area contributed by atoms with Crippen LogP contribution in [-0.4, -0.2) is 25.3 Å². The van der Waals surface area contributed by atoms with Crippen molar-refractivity contribution in [1.29, 1.82) is 0 Å². The van der Waals surface area contributed by atoms with E-state index in [-0.39, 0.29) is 22.4 Å².